The van der Waals surface area contributed by atoms with Gasteiger partial charge in [0.25, 0.3) is 0 Å². The van der Waals surface area contributed by atoms with Crippen LogP contribution in [0.15, 0.2) is 41.0 Å². The van der Waals surface area contributed by atoms with Gasteiger partial charge in [0.1, 0.15) is 5.82 Å². The molecule has 4 heteroatoms. The average molecular weight is 311 g/mol. The first kappa shape index (κ1) is 13.3. The molecule has 96 valence electrons. The Balaban J connectivity index is 2.23. The Hall–Kier alpha value is -1.13. The van der Waals surface area contributed by atoms with Crippen LogP contribution in [0.4, 0.5) is 4.39 Å². The summed E-state index contributed by atoms with van der Waals surface area (Å²) in [6.07, 6.45) is 2.75. The molecule has 2 aromatic rings. The van der Waals surface area contributed by atoms with Crippen LogP contribution < -0.4 is 5.73 Å². The van der Waals surface area contributed by atoms with E-state index < -0.39 is 0 Å². The van der Waals surface area contributed by atoms with Gasteiger partial charge < -0.3 is 10.3 Å². The zero-order valence-corrected chi connectivity index (χ0v) is 11.8. The van der Waals surface area contributed by atoms with Gasteiger partial charge in [-0.05, 0) is 37.3 Å². The lowest BCUT2D eigenvalue weighted by Gasteiger charge is -2.12. The highest BCUT2D eigenvalue weighted by molar-refractivity contribution is 9.10. The number of halogens is 2. The number of benzene rings is 1. The van der Waals surface area contributed by atoms with Crippen molar-refractivity contribution in [1.29, 1.82) is 0 Å². The summed E-state index contributed by atoms with van der Waals surface area (Å²) >= 11 is 3.36. The van der Waals surface area contributed by atoms with Crippen molar-refractivity contribution in [3.05, 3.63) is 58.1 Å². The number of rotatable bonds is 4. The zero-order valence-electron chi connectivity index (χ0n) is 10.2. The van der Waals surface area contributed by atoms with Gasteiger partial charge in [0.15, 0.2) is 0 Å². The van der Waals surface area contributed by atoms with E-state index >= 15 is 0 Å². The van der Waals surface area contributed by atoms with Crippen molar-refractivity contribution in [3.63, 3.8) is 0 Å². The molecular formula is C14H16BrFN2. The van der Waals surface area contributed by atoms with Gasteiger partial charge in [0, 0.05) is 34.4 Å². The first-order valence-electron chi connectivity index (χ1n) is 5.90. The molecule has 18 heavy (non-hydrogen) atoms. The summed E-state index contributed by atoms with van der Waals surface area (Å²) in [6, 6.07) is 9.09. The topological polar surface area (TPSA) is 30.9 Å². The molecule has 0 fully saturated rings. The zero-order chi connectivity index (χ0) is 13.1. The maximum absolute atomic E-state index is 13.7. The van der Waals surface area contributed by atoms with Crippen LogP contribution in [0.2, 0.25) is 0 Å². The predicted molar refractivity (Wildman–Crippen MR) is 75.0 cm³/mol. The van der Waals surface area contributed by atoms with E-state index in [4.69, 9.17) is 5.73 Å². The van der Waals surface area contributed by atoms with Gasteiger partial charge in [-0.3, -0.25) is 0 Å². The Bertz CT molecular complexity index is 534. The third-order valence-electron chi connectivity index (χ3n) is 2.80. The van der Waals surface area contributed by atoms with Crippen molar-refractivity contribution in [2.45, 2.75) is 25.9 Å². The second-order valence-corrected chi connectivity index (χ2v) is 5.46. The molecule has 0 bridgehead atoms. The van der Waals surface area contributed by atoms with Crippen molar-refractivity contribution in [3.8, 4) is 0 Å². The lowest BCUT2D eigenvalue weighted by molar-refractivity contribution is 0.591. The maximum Gasteiger partial charge on any atom is 0.128 e. The van der Waals surface area contributed by atoms with E-state index in [-0.39, 0.29) is 11.9 Å². The molecule has 1 aromatic heterocycles. The van der Waals surface area contributed by atoms with Crippen LogP contribution in [0.25, 0.3) is 0 Å². The van der Waals surface area contributed by atoms with Crippen LogP contribution in [0.5, 0.6) is 0 Å². The highest BCUT2D eigenvalue weighted by Gasteiger charge is 2.07. The number of hydrogen-bond acceptors (Lipinski definition) is 1. The van der Waals surface area contributed by atoms with Crippen LogP contribution in [0.3, 0.4) is 0 Å². The smallest absolute Gasteiger partial charge is 0.128 e. The monoisotopic (exact) mass is 310 g/mol. The highest BCUT2D eigenvalue weighted by atomic mass is 79.9. The van der Waals surface area contributed by atoms with Gasteiger partial charge >= 0.3 is 0 Å². The Morgan fingerprint density at radius 3 is 2.89 bits per heavy atom. The van der Waals surface area contributed by atoms with E-state index in [2.05, 4.69) is 15.9 Å². The second kappa shape index (κ2) is 5.67. The van der Waals surface area contributed by atoms with E-state index in [0.717, 1.165) is 16.6 Å². The lowest BCUT2D eigenvalue weighted by Crippen LogP contribution is -2.20. The van der Waals surface area contributed by atoms with Gasteiger partial charge in [-0.2, -0.15) is 0 Å². The van der Waals surface area contributed by atoms with Crippen molar-refractivity contribution in [2.75, 3.05) is 0 Å². The molecule has 2 rings (SSSR count). The molecule has 0 radical (unpaired) electrons. The molecule has 1 unspecified atom stereocenters. The van der Waals surface area contributed by atoms with Crippen molar-refractivity contribution in [2.24, 2.45) is 5.73 Å². The third kappa shape index (κ3) is 3.21. The van der Waals surface area contributed by atoms with E-state index in [1.54, 1.807) is 6.07 Å². The molecule has 2 nitrogen and oxygen atoms in total. The number of nitrogens with two attached hydrogens (primary N) is 1. The number of nitrogens with zero attached hydrogens (tertiary/aromatic N) is 1. The molecule has 1 heterocycles. The molecule has 0 aliphatic carbocycles. The first-order chi connectivity index (χ1) is 8.56. The molecule has 0 saturated carbocycles. The standard InChI is InChI=1S/C14H16BrFN2/c1-10(17)7-13-3-2-6-18(13)9-11-8-12(15)4-5-14(11)16/h2-6,8,10H,7,9,17H2,1H3. The Morgan fingerprint density at radius 1 is 1.39 bits per heavy atom. The van der Waals surface area contributed by atoms with Crippen LogP contribution >= 0.6 is 15.9 Å². The highest BCUT2D eigenvalue weighted by Crippen LogP contribution is 2.18. The normalized spacial score (nSPS) is 12.7. The van der Waals surface area contributed by atoms with Crippen LogP contribution in [0.1, 0.15) is 18.2 Å². The average Bonchev–Trinajstić information content (AvgIpc) is 2.70. The number of aromatic nitrogens is 1. The van der Waals surface area contributed by atoms with E-state index in [1.807, 2.05) is 35.9 Å². The Morgan fingerprint density at radius 2 is 2.17 bits per heavy atom. The summed E-state index contributed by atoms with van der Waals surface area (Å²) in [5.41, 5.74) is 7.61. The molecule has 0 aliphatic rings. The van der Waals surface area contributed by atoms with E-state index in [0.29, 0.717) is 12.1 Å². The minimum Gasteiger partial charge on any atom is -0.347 e. The second-order valence-electron chi connectivity index (χ2n) is 4.54. The predicted octanol–water partition coefficient (Wildman–Crippen LogP) is 3.33. The molecule has 2 N–H and O–H groups in total. The largest absolute Gasteiger partial charge is 0.347 e. The third-order valence-corrected chi connectivity index (χ3v) is 3.30. The summed E-state index contributed by atoms with van der Waals surface area (Å²) < 4.78 is 16.6. The maximum atomic E-state index is 13.7. The molecule has 1 atom stereocenters. The quantitative estimate of drug-likeness (QED) is 0.922. The Kier molecular flexibility index (Phi) is 4.19. The van der Waals surface area contributed by atoms with Gasteiger partial charge in [-0.1, -0.05) is 15.9 Å². The molecule has 0 aliphatic heterocycles. The van der Waals surface area contributed by atoms with Gasteiger partial charge in [-0.15, -0.1) is 0 Å². The molecular weight excluding hydrogens is 295 g/mol. The molecule has 1 aromatic carbocycles. The van der Waals surface area contributed by atoms with Gasteiger partial charge in [0.2, 0.25) is 0 Å². The van der Waals surface area contributed by atoms with Crippen LogP contribution in [0, 0.1) is 5.82 Å². The summed E-state index contributed by atoms with van der Waals surface area (Å²) in [4.78, 5) is 0. The van der Waals surface area contributed by atoms with E-state index in [9.17, 15) is 4.39 Å². The Labute approximate surface area is 115 Å². The summed E-state index contributed by atoms with van der Waals surface area (Å²) in [6.45, 7) is 2.50. The summed E-state index contributed by atoms with van der Waals surface area (Å²) in [5, 5.41) is 0. The molecule has 0 amide bonds. The van der Waals surface area contributed by atoms with Crippen LogP contribution in [-0.4, -0.2) is 10.6 Å². The minimum absolute atomic E-state index is 0.103. The first-order valence-corrected chi connectivity index (χ1v) is 6.69. The van der Waals surface area contributed by atoms with Crippen molar-refractivity contribution >= 4 is 15.9 Å². The molecule has 0 spiro atoms. The van der Waals surface area contributed by atoms with E-state index in [1.165, 1.54) is 6.07 Å². The van der Waals surface area contributed by atoms with Gasteiger partial charge in [-0.25, -0.2) is 4.39 Å². The van der Waals surface area contributed by atoms with Crippen molar-refractivity contribution in [1.82, 2.24) is 4.57 Å². The SMILES string of the molecule is CC(N)Cc1cccn1Cc1cc(Br)ccc1F. The summed E-state index contributed by atoms with van der Waals surface area (Å²) in [5.74, 6) is -0.182. The lowest BCUT2D eigenvalue weighted by atomic mass is 10.1. The fourth-order valence-corrected chi connectivity index (χ4v) is 2.38. The summed E-state index contributed by atoms with van der Waals surface area (Å²) in [7, 11) is 0. The molecule has 0 saturated heterocycles. The van der Waals surface area contributed by atoms with Gasteiger partial charge in [0.05, 0.1) is 6.54 Å². The number of hydrogen-bond donors (Lipinski definition) is 1. The van der Waals surface area contributed by atoms with Crippen LogP contribution in [-0.2, 0) is 13.0 Å². The fourth-order valence-electron chi connectivity index (χ4n) is 1.97. The van der Waals surface area contributed by atoms with Crippen molar-refractivity contribution < 1.29 is 4.39 Å². The fraction of sp³-hybridized carbons (Fsp3) is 0.286. The minimum atomic E-state index is -0.182.